The Labute approximate surface area is 252 Å². The van der Waals surface area contributed by atoms with Crippen LogP contribution >= 0.6 is 0 Å². The number of Topliss-reactive ketones (excluding diaryl/α,β-unsaturated/α-hetero) is 1. The van der Waals surface area contributed by atoms with E-state index in [0.29, 0.717) is 24.2 Å². The van der Waals surface area contributed by atoms with Gasteiger partial charge in [-0.15, -0.1) is 0 Å². The predicted molar refractivity (Wildman–Crippen MR) is 159 cm³/mol. The van der Waals surface area contributed by atoms with Crippen LogP contribution in [0.15, 0.2) is 48.5 Å². The van der Waals surface area contributed by atoms with Crippen LogP contribution in [0.25, 0.3) is 0 Å². The molecule has 2 aromatic rings. The Morgan fingerprint density at radius 3 is 2.28 bits per heavy atom. The molecule has 0 radical (unpaired) electrons. The normalized spacial score (nSPS) is 18.5. The summed E-state index contributed by atoms with van der Waals surface area (Å²) in [6.07, 6.45) is 2.19. The van der Waals surface area contributed by atoms with Gasteiger partial charge < -0.3 is 24.4 Å². The fraction of sp³-hybridized carbons (Fsp3) is 0.485. The minimum atomic E-state index is -1.77. The van der Waals surface area contributed by atoms with Crippen molar-refractivity contribution in [2.75, 3.05) is 53.7 Å². The van der Waals surface area contributed by atoms with Crippen LogP contribution in [0, 0.1) is 11.8 Å². The molecule has 0 spiro atoms. The molecule has 2 fully saturated rings. The number of benzene rings is 2. The van der Waals surface area contributed by atoms with Crippen molar-refractivity contribution in [3.63, 3.8) is 0 Å². The van der Waals surface area contributed by atoms with Gasteiger partial charge in [-0.1, -0.05) is 24.0 Å². The summed E-state index contributed by atoms with van der Waals surface area (Å²) < 4.78 is 28.8. The molecule has 2 saturated heterocycles. The third-order valence-electron chi connectivity index (χ3n) is 7.92. The number of nitrogens with zero attached hydrogens (tertiary/aromatic N) is 2. The van der Waals surface area contributed by atoms with Crippen LogP contribution < -0.4 is 5.32 Å². The van der Waals surface area contributed by atoms with Crippen LogP contribution in [0.1, 0.15) is 53.2 Å². The Morgan fingerprint density at radius 2 is 1.70 bits per heavy atom. The summed E-state index contributed by atoms with van der Waals surface area (Å²) in [5, 5.41) is 2.50. The number of ether oxygens (including phenoxy) is 3. The lowest BCUT2D eigenvalue weighted by molar-refractivity contribution is -0.174. The standard InChI is InChI=1S/C33H40FN3O6/c1-33(32(40)35-2,29(38)23-43-30-6-4-5-18-42-30)36(3)31(39)27-15-13-25(14-16-27)8-7-24-9-11-26(12-10-24)20-37-21-28(22-37)41-19-17-34/h9-16,28,30H,4-6,17-23H2,1-3H3,(H,35,40)/t30?,33-/m1/s1. The SMILES string of the molecule is CNC(=O)[C@@](C)(C(=O)COC1CCCCO1)N(C)C(=O)c1ccc(C#Cc2ccc(CN3CC(OCCF)C3)cc2)cc1. The van der Waals surface area contributed by atoms with Crippen molar-refractivity contribution in [2.24, 2.45) is 0 Å². The zero-order valence-electron chi connectivity index (χ0n) is 25.1. The molecule has 10 heteroatoms. The summed E-state index contributed by atoms with van der Waals surface area (Å²) in [5.41, 5.74) is 1.29. The van der Waals surface area contributed by atoms with Crippen molar-refractivity contribution in [3.05, 3.63) is 70.8 Å². The highest BCUT2D eigenvalue weighted by molar-refractivity contribution is 6.14. The van der Waals surface area contributed by atoms with Crippen molar-refractivity contribution >= 4 is 17.6 Å². The second-order valence-electron chi connectivity index (χ2n) is 10.9. The van der Waals surface area contributed by atoms with E-state index < -0.39 is 36.1 Å². The Kier molecular flexibility index (Phi) is 11.4. The van der Waals surface area contributed by atoms with E-state index in [1.165, 1.54) is 21.0 Å². The highest BCUT2D eigenvalue weighted by atomic mass is 19.1. The summed E-state index contributed by atoms with van der Waals surface area (Å²) in [6.45, 7) is 3.77. The third-order valence-corrected chi connectivity index (χ3v) is 7.92. The van der Waals surface area contributed by atoms with E-state index in [1.54, 1.807) is 24.3 Å². The molecule has 43 heavy (non-hydrogen) atoms. The number of carbonyl (C=O) groups is 3. The van der Waals surface area contributed by atoms with Crippen LogP contribution in [0.3, 0.4) is 0 Å². The zero-order valence-corrected chi connectivity index (χ0v) is 25.1. The van der Waals surface area contributed by atoms with Crippen molar-refractivity contribution in [3.8, 4) is 11.8 Å². The van der Waals surface area contributed by atoms with Crippen molar-refractivity contribution in [2.45, 2.75) is 50.7 Å². The van der Waals surface area contributed by atoms with Crippen LogP contribution in [0.5, 0.6) is 0 Å². The number of amides is 2. The van der Waals surface area contributed by atoms with Gasteiger partial charge >= 0.3 is 0 Å². The van der Waals surface area contributed by atoms with Crippen LogP contribution in [0.4, 0.5) is 4.39 Å². The first kappa shape index (κ1) is 32.3. The number of rotatable bonds is 12. The average Bonchev–Trinajstić information content (AvgIpc) is 3.03. The molecule has 2 aliphatic rings. The van der Waals surface area contributed by atoms with Gasteiger partial charge in [-0.25, -0.2) is 4.39 Å². The number of likely N-dealkylation sites (tertiary alicyclic amines) is 1. The second-order valence-corrected chi connectivity index (χ2v) is 10.9. The van der Waals surface area contributed by atoms with Crippen LogP contribution in [-0.2, 0) is 30.3 Å². The van der Waals surface area contributed by atoms with E-state index in [1.807, 2.05) is 24.3 Å². The summed E-state index contributed by atoms with van der Waals surface area (Å²) in [4.78, 5) is 42.9. The summed E-state index contributed by atoms with van der Waals surface area (Å²) >= 11 is 0. The predicted octanol–water partition coefficient (Wildman–Crippen LogP) is 2.95. The number of halogens is 1. The van der Waals surface area contributed by atoms with E-state index >= 15 is 0 Å². The molecule has 0 aliphatic carbocycles. The van der Waals surface area contributed by atoms with E-state index in [9.17, 15) is 18.8 Å². The summed E-state index contributed by atoms with van der Waals surface area (Å²) in [6, 6.07) is 14.7. The lowest BCUT2D eigenvalue weighted by Gasteiger charge is -2.38. The molecule has 2 aromatic carbocycles. The quantitative estimate of drug-likeness (QED) is 0.299. The molecule has 230 valence electrons. The molecule has 2 amide bonds. The van der Waals surface area contributed by atoms with Gasteiger partial charge in [-0.3, -0.25) is 19.3 Å². The number of ketones is 1. The van der Waals surface area contributed by atoms with Gasteiger partial charge in [0.05, 0.1) is 12.7 Å². The maximum absolute atomic E-state index is 13.4. The topological polar surface area (TPSA) is 97.4 Å². The molecule has 2 aliphatic heterocycles. The van der Waals surface area contributed by atoms with E-state index in [4.69, 9.17) is 14.2 Å². The molecule has 0 aromatic heterocycles. The van der Waals surface area contributed by atoms with Gasteiger partial charge in [0.2, 0.25) is 0 Å². The van der Waals surface area contributed by atoms with E-state index in [0.717, 1.165) is 48.5 Å². The molecule has 4 rings (SSSR count). The molecule has 2 atom stereocenters. The third kappa shape index (κ3) is 8.27. The van der Waals surface area contributed by atoms with Gasteiger partial charge in [0, 0.05) is 57.0 Å². The van der Waals surface area contributed by atoms with Gasteiger partial charge in [0.25, 0.3) is 11.8 Å². The van der Waals surface area contributed by atoms with Crippen LogP contribution in [0.2, 0.25) is 0 Å². The molecule has 2 heterocycles. The number of hydrogen-bond acceptors (Lipinski definition) is 7. The molecule has 1 unspecified atom stereocenters. The number of carbonyl (C=O) groups excluding carboxylic acids is 3. The highest BCUT2D eigenvalue weighted by Crippen LogP contribution is 2.21. The minimum Gasteiger partial charge on any atom is -0.373 e. The fourth-order valence-corrected chi connectivity index (χ4v) is 5.02. The van der Waals surface area contributed by atoms with E-state index in [2.05, 4.69) is 22.1 Å². The van der Waals surface area contributed by atoms with Crippen molar-refractivity contribution in [1.82, 2.24) is 15.1 Å². The Bertz CT molecular complexity index is 1310. The first-order valence-electron chi connectivity index (χ1n) is 14.6. The smallest absolute Gasteiger partial charge is 0.254 e. The number of hydrogen-bond donors (Lipinski definition) is 1. The molecular weight excluding hydrogens is 553 g/mol. The molecule has 9 nitrogen and oxygen atoms in total. The number of alkyl halides is 1. The average molecular weight is 594 g/mol. The van der Waals surface area contributed by atoms with Crippen molar-refractivity contribution < 1.29 is 33.0 Å². The largest absolute Gasteiger partial charge is 0.373 e. The first-order valence-corrected chi connectivity index (χ1v) is 14.6. The van der Waals surface area contributed by atoms with Gasteiger partial charge in [-0.05, 0) is 68.1 Å². The van der Waals surface area contributed by atoms with E-state index in [-0.39, 0.29) is 19.3 Å². The Balaban J connectivity index is 1.34. The minimum absolute atomic E-state index is 0.118. The maximum atomic E-state index is 13.4. The molecular formula is C33H40FN3O6. The number of likely N-dealkylation sites (N-methyl/N-ethyl adjacent to an activating group) is 2. The fourth-order valence-electron chi connectivity index (χ4n) is 5.02. The number of nitrogens with one attached hydrogen (secondary N) is 1. The zero-order chi connectivity index (χ0) is 30.8. The van der Waals surface area contributed by atoms with Gasteiger partial charge in [0.1, 0.15) is 13.3 Å². The lowest BCUT2D eigenvalue weighted by Crippen LogP contribution is -2.62. The van der Waals surface area contributed by atoms with Gasteiger partial charge in [-0.2, -0.15) is 0 Å². The van der Waals surface area contributed by atoms with Crippen LogP contribution in [-0.4, -0.2) is 99.0 Å². The lowest BCUT2D eigenvalue weighted by atomic mass is 9.92. The summed E-state index contributed by atoms with van der Waals surface area (Å²) in [5.74, 6) is 4.62. The summed E-state index contributed by atoms with van der Waals surface area (Å²) in [7, 11) is 2.86. The second kappa shape index (κ2) is 15.2. The van der Waals surface area contributed by atoms with Gasteiger partial charge in [0.15, 0.2) is 17.6 Å². The molecule has 1 N–H and O–H groups in total. The maximum Gasteiger partial charge on any atom is 0.254 e. The van der Waals surface area contributed by atoms with Crippen molar-refractivity contribution in [1.29, 1.82) is 0 Å². The Hall–Kier alpha value is -3.62. The monoisotopic (exact) mass is 593 g/mol. The molecule has 0 saturated carbocycles. The molecule has 0 bridgehead atoms. The highest BCUT2D eigenvalue weighted by Gasteiger charge is 2.46. The Morgan fingerprint density at radius 1 is 1.05 bits per heavy atom. The first-order chi connectivity index (χ1) is 20.7.